The van der Waals surface area contributed by atoms with Crippen LogP contribution in [0.5, 0.6) is 5.75 Å². The molecule has 0 atom stereocenters. The Bertz CT molecular complexity index is 652. The quantitative estimate of drug-likeness (QED) is 0.776. The van der Waals surface area contributed by atoms with Crippen LogP contribution in [0.2, 0.25) is 0 Å². The Labute approximate surface area is 130 Å². The predicted octanol–water partition coefficient (Wildman–Crippen LogP) is 4.16. The van der Waals surface area contributed by atoms with Crippen molar-refractivity contribution in [3.63, 3.8) is 0 Å². The van der Waals surface area contributed by atoms with E-state index in [4.69, 9.17) is 0 Å². The SMILES string of the molecule is O=C(Nc1ccc(O)cc1)N1CCCCCc2ccccc21. The summed E-state index contributed by atoms with van der Waals surface area (Å²) in [6, 6.07) is 14.5. The van der Waals surface area contributed by atoms with E-state index < -0.39 is 0 Å². The van der Waals surface area contributed by atoms with Crippen molar-refractivity contribution >= 4 is 17.4 Å². The Hall–Kier alpha value is -2.49. The van der Waals surface area contributed by atoms with Crippen molar-refractivity contribution in [1.82, 2.24) is 0 Å². The first-order chi connectivity index (χ1) is 10.7. The molecule has 2 N–H and O–H groups in total. The lowest BCUT2D eigenvalue weighted by atomic mass is 10.0. The van der Waals surface area contributed by atoms with Crippen molar-refractivity contribution in [1.29, 1.82) is 0 Å². The molecule has 114 valence electrons. The van der Waals surface area contributed by atoms with Crippen LogP contribution in [-0.4, -0.2) is 17.7 Å². The number of carbonyl (C=O) groups is 1. The van der Waals surface area contributed by atoms with E-state index in [-0.39, 0.29) is 11.8 Å². The molecule has 2 aromatic carbocycles. The van der Waals surface area contributed by atoms with Gasteiger partial charge >= 0.3 is 6.03 Å². The Morgan fingerprint density at radius 2 is 1.77 bits per heavy atom. The molecule has 4 nitrogen and oxygen atoms in total. The third-order valence-electron chi connectivity index (χ3n) is 3.97. The molecule has 0 spiro atoms. The lowest BCUT2D eigenvalue weighted by Crippen LogP contribution is -2.37. The molecular weight excluding hydrogens is 276 g/mol. The van der Waals surface area contributed by atoms with Crippen molar-refractivity contribution < 1.29 is 9.90 Å². The number of hydrogen-bond donors (Lipinski definition) is 2. The van der Waals surface area contributed by atoms with Gasteiger partial charge in [0.05, 0.1) is 0 Å². The van der Waals surface area contributed by atoms with E-state index in [0.717, 1.165) is 31.5 Å². The second kappa shape index (κ2) is 6.52. The summed E-state index contributed by atoms with van der Waals surface area (Å²) in [4.78, 5) is 14.5. The lowest BCUT2D eigenvalue weighted by Gasteiger charge is -2.27. The second-order valence-electron chi connectivity index (χ2n) is 5.57. The average molecular weight is 296 g/mol. The molecule has 0 aromatic heterocycles. The van der Waals surface area contributed by atoms with Gasteiger partial charge in [0.2, 0.25) is 0 Å². The summed E-state index contributed by atoms with van der Waals surface area (Å²) in [6.07, 6.45) is 4.33. The number of nitrogens with zero attached hydrogens (tertiary/aromatic N) is 1. The van der Waals surface area contributed by atoms with Crippen LogP contribution in [0.4, 0.5) is 16.2 Å². The minimum atomic E-state index is -0.125. The molecular formula is C18H20N2O2. The monoisotopic (exact) mass is 296 g/mol. The van der Waals surface area contributed by atoms with Gasteiger partial charge < -0.3 is 10.4 Å². The van der Waals surface area contributed by atoms with Crippen LogP contribution < -0.4 is 10.2 Å². The summed E-state index contributed by atoms with van der Waals surface area (Å²) in [7, 11) is 0. The van der Waals surface area contributed by atoms with Gasteiger partial charge in [0.15, 0.2) is 0 Å². The van der Waals surface area contributed by atoms with E-state index in [1.165, 1.54) is 12.0 Å². The molecule has 22 heavy (non-hydrogen) atoms. The summed E-state index contributed by atoms with van der Waals surface area (Å²) < 4.78 is 0. The van der Waals surface area contributed by atoms with Gasteiger partial charge in [-0.05, 0) is 55.2 Å². The fraction of sp³-hybridized carbons (Fsp3) is 0.278. The van der Waals surface area contributed by atoms with Gasteiger partial charge in [-0.1, -0.05) is 24.6 Å². The molecule has 1 aliphatic rings. The third-order valence-corrected chi connectivity index (χ3v) is 3.97. The topological polar surface area (TPSA) is 52.6 Å². The standard InChI is InChI=1S/C18H20N2O2/c21-16-11-9-15(10-12-16)19-18(22)20-13-5-1-2-6-14-7-3-4-8-17(14)20/h3-4,7-12,21H,1-2,5-6,13H2,(H,19,22). The fourth-order valence-corrected chi connectivity index (χ4v) is 2.81. The molecule has 0 saturated heterocycles. The number of fused-ring (bicyclic) bond motifs is 1. The maximum absolute atomic E-state index is 12.6. The molecule has 0 aliphatic carbocycles. The molecule has 2 aromatic rings. The van der Waals surface area contributed by atoms with Crippen LogP contribution in [0.3, 0.4) is 0 Å². The smallest absolute Gasteiger partial charge is 0.326 e. The predicted molar refractivity (Wildman–Crippen MR) is 88.5 cm³/mol. The zero-order chi connectivity index (χ0) is 15.4. The van der Waals surface area contributed by atoms with Gasteiger partial charge in [-0.2, -0.15) is 0 Å². The number of aromatic hydroxyl groups is 1. The highest BCUT2D eigenvalue weighted by atomic mass is 16.3. The number of para-hydroxylation sites is 1. The Balaban J connectivity index is 1.83. The number of urea groups is 1. The summed E-state index contributed by atoms with van der Waals surface area (Å²) in [5, 5.41) is 12.2. The van der Waals surface area contributed by atoms with Crippen LogP contribution >= 0.6 is 0 Å². The number of benzene rings is 2. The molecule has 1 aliphatic heterocycles. The molecule has 0 bridgehead atoms. The fourth-order valence-electron chi connectivity index (χ4n) is 2.81. The van der Waals surface area contributed by atoms with E-state index in [2.05, 4.69) is 11.4 Å². The largest absolute Gasteiger partial charge is 0.508 e. The minimum Gasteiger partial charge on any atom is -0.508 e. The van der Waals surface area contributed by atoms with Gasteiger partial charge in [0.1, 0.15) is 5.75 Å². The summed E-state index contributed by atoms with van der Waals surface area (Å²) in [5.41, 5.74) is 2.91. The number of hydrogen-bond acceptors (Lipinski definition) is 2. The number of rotatable bonds is 1. The molecule has 4 heteroatoms. The molecule has 0 unspecified atom stereocenters. The van der Waals surface area contributed by atoms with Gasteiger partial charge in [-0.15, -0.1) is 0 Å². The van der Waals surface area contributed by atoms with Gasteiger partial charge in [0.25, 0.3) is 0 Å². The van der Waals surface area contributed by atoms with E-state index in [1.54, 1.807) is 24.3 Å². The van der Waals surface area contributed by atoms with Gasteiger partial charge in [-0.25, -0.2) is 4.79 Å². The zero-order valence-electron chi connectivity index (χ0n) is 12.5. The highest BCUT2D eigenvalue weighted by Crippen LogP contribution is 2.26. The van der Waals surface area contributed by atoms with E-state index in [9.17, 15) is 9.90 Å². The van der Waals surface area contributed by atoms with E-state index in [0.29, 0.717) is 5.69 Å². The normalized spacial score (nSPS) is 14.6. The minimum absolute atomic E-state index is 0.125. The first kappa shape index (κ1) is 14.4. The third kappa shape index (κ3) is 3.22. The number of amides is 2. The summed E-state index contributed by atoms with van der Waals surface area (Å²) in [6.45, 7) is 0.723. The first-order valence-corrected chi connectivity index (χ1v) is 7.69. The van der Waals surface area contributed by atoms with Gasteiger partial charge in [-0.3, -0.25) is 4.90 Å². The number of phenolic OH excluding ortho intramolecular Hbond substituents is 1. The molecule has 0 radical (unpaired) electrons. The Morgan fingerprint density at radius 3 is 2.59 bits per heavy atom. The molecule has 3 rings (SSSR count). The Morgan fingerprint density at radius 1 is 1.00 bits per heavy atom. The highest BCUT2D eigenvalue weighted by Gasteiger charge is 2.19. The molecule has 0 saturated carbocycles. The molecule has 2 amide bonds. The summed E-state index contributed by atoms with van der Waals surface area (Å²) >= 11 is 0. The van der Waals surface area contributed by atoms with Crippen molar-refractivity contribution in [3.8, 4) is 5.75 Å². The van der Waals surface area contributed by atoms with Crippen molar-refractivity contribution in [2.45, 2.75) is 25.7 Å². The van der Waals surface area contributed by atoms with E-state index >= 15 is 0 Å². The number of phenols is 1. The van der Waals surface area contributed by atoms with E-state index in [1.807, 2.05) is 23.1 Å². The van der Waals surface area contributed by atoms with Crippen LogP contribution in [0, 0.1) is 0 Å². The van der Waals surface area contributed by atoms with Crippen LogP contribution in [0.25, 0.3) is 0 Å². The zero-order valence-corrected chi connectivity index (χ0v) is 12.5. The number of aryl methyl sites for hydroxylation is 1. The van der Waals surface area contributed by atoms with Crippen LogP contribution in [-0.2, 0) is 6.42 Å². The lowest BCUT2D eigenvalue weighted by molar-refractivity contribution is 0.256. The summed E-state index contributed by atoms with van der Waals surface area (Å²) in [5.74, 6) is 0.189. The Kier molecular flexibility index (Phi) is 4.28. The van der Waals surface area contributed by atoms with Crippen molar-refractivity contribution in [2.75, 3.05) is 16.8 Å². The number of anilines is 2. The maximum Gasteiger partial charge on any atom is 0.326 e. The average Bonchev–Trinajstić information content (AvgIpc) is 2.50. The van der Waals surface area contributed by atoms with Crippen LogP contribution in [0.15, 0.2) is 48.5 Å². The van der Waals surface area contributed by atoms with Crippen molar-refractivity contribution in [3.05, 3.63) is 54.1 Å². The number of nitrogens with one attached hydrogen (secondary N) is 1. The maximum atomic E-state index is 12.6. The van der Waals surface area contributed by atoms with Crippen molar-refractivity contribution in [2.24, 2.45) is 0 Å². The molecule has 1 heterocycles. The first-order valence-electron chi connectivity index (χ1n) is 7.69. The second-order valence-corrected chi connectivity index (χ2v) is 5.57. The van der Waals surface area contributed by atoms with Gasteiger partial charge in [0, 0.05) is 17.9 Å². The highest BCUT2D eigenvalue weighted by molar-refractivity contribution is 6.02. The number of carbonyl (C=O) groups excluding carboxylic acids is 1. The molecule has 0 fully saturated rings. The van der Waals surface area contributed by atoms with Crippen LogP contribution in [0.1, 0.15) is 24.8 Å².